The van der Waals surface area contributed by atoms with Crippen molar-refractivity contribution in [2.24, 2.45) is 0 Å². The SMILES string of the molecule is C=CCNCC(=O)NC(C)(C)C(C)O. The van der Waals surface area contributed by atoms with E-state index in [1.165, 1.54) is 0 Å². The van der Waals surface area contributed by atoms with Gasteiger partial charge in [0.05, 0.1) is 18.2 Å². The van der Waals surface area contributed by atoms with Gasteiger partial charge in [-0.15, -0.1) is 6.58 Å². The van der Waals surface area contributed by atoms with Crippen LogP contribution < -0.4 is 10.6 Å². The highest BCUT2D eigenvalue weighted by Crippen LogP contribution is 2.07. The average molecular weight is 200 g/mol. The fraction of sp³-hybridized carbons (Fsp3) is 0.700. The molecule has 14 heavy (non-hydrogen) atoms. The highest BCUT2D eigenvalue weighted by Gasteiger charge is 2.25. The number of nitrogens with one attached hydrogen (secondary N) is 2. The van der Waals surface area contributed by atoms with E-state index in [1.54, 1.807) is 26.8 Å². The van der Waals surface area contributed by atoms with Crippen LogP contribution >= 0.6 is 0 Å². The number of aliphatic hydroxyl groups is 1. The molecule has 0 heterocycles. The van der Waals surface area contributed by atoms with Gasteiger partial charge in [0.25, 0.3) is 0 Å². The van der Waals surface area contributed by atoms with E-state index >= 15 is 0 Å². The summed E-state index contributed by atoms with van der Waals surface area (Å²) in [5.41, 5.74) is -0.590. The van der Waals surface area contributed by atoms with E-state index in [0.717, 1.165) is 0 Å². The van der Waals surface area contributed by atoms with Gasteiger partial charge in [-0.3, -0.25) is 4.79 Å². The predicted molar refractivity (Wildman–Crippen MR) is 57.0 cm³/mol. The Kier molecular flexibility index (Phi) is 5.42. The van der Waals surface area contributed by atoms with Crippen molar-refractivity contribution in [3.8, 4) is 0 Å². The molecule has 1 amide bonds. The summed E-state index contributed by atoms with van der Waals surface area (Å²) in [6, 6.07) is 0. The highest BCUT2D eigenvalue weighted by molar-refractivity contribution is 5.78. The molecule has 1 atom stereocenters. The van der Waals surface area contributed by atoms with Gasteiger partial charge in [0.2, 0.25) is 5.91 Å². The maximum absolute atomic E-state index is 11.3. The Morgan fingerprint density at radius 2 is 2.21 bits per heavy atom. The molecule has 0 aliphatic heterocycles. The first-order chi connectivity index (χ1) is 6.40. The predicted octanol–water partition coefficient (Wildman–Crippen LogP) is 0.0376. The summed E-state index contributed by atoms with van der Waals surface area (Å²) in [4.78, 5) is 11.3. The zero-order valence-electron chi connectivity index (χ0n) is 9.13. The standard InChI is InChI=1S/C10H20N2O2/c1-5-6-11-7-9(14)12-10(3,4)8(2)13/h5,8,11,13H,1,6-7H2,2-4H3,(H,12,14). The molecular formula is C10H20N2O2. The molecule has 0 fully saturated rings. The summed E-state index contributed by atoms with van der Waals surface area (Å²) in [7, 11) is 0. The van der Waals surface area contributed by atoms with E-state index in [1.807, 2.05) is 0 Å². The Labute approximate surface area is 85.4 Å². The molecule has 0 aromatic heterocycles. The molecule has 0 aromatic rings. The lowest BCUT2D eigenvalue weighted by Crippen LogP contribution is -2.53. The molecule has 0 radical (unpaired) electrons. The van der Waals surface area contributed by atoms with Crippen LogP contribution in [0.2, 0.25) is 0 Å². The molecule has 1 unspecified atom stereocenters. The van der Waals surface area contributed by atoms with Crippen LogP contribution in [0.15, 0.2) is 12.7 Å². The van der Waals surface area contributed by atoms with Gasteiger partial charge in [0.15, 0.2) is 0 Å². The molecule has 0 aromatic carbocycles. The normalized spacial score (nSPS) is 13.4. The van der Waals surface area contributed by atoms with E-state index in [9.17, 15) is 9.90 Å². The zero-order chi connectivity index (χ0) is 11.2. The lowest BCUT2D eigenvalue weighted by molar-refractivity contribution is -0.123. The molecule has 0 bridgehead atoms. The van der Waals surface area contributed by atoms with Crippen molar-refractivity contribution in [2.45, 2.75) is 32.4 Å². The summed E-state index contributed by atoms with van der Waals surface area (Å²) < 4.78 is 0. The second-order valence-electron chi connectivity index (χ2n) is 3.87. The van der Waals surface area contributed by atoms with Crippen LogP contribution in [0.25, 0.3) is 0 Å². The summed E-state index contributed by atoms with van der Waals surface area (Å²) in [6.07, 6.45) is 1.11. The Balaban J connectivity index is 3.87. The maximum atomic E-state index is 11.3. The van der Waals surface area contributed by atoms with Gasteiger partial charge in [-0.2, -0.15) is 0 Å². The molecular weight excluding hydrogens is 180 g/mol. The van der Waals surface area contributed by atoms with Gasteiger partial charge in [-0.25, -0.2) is 0 Å². The molecule has 4 nitrogen and oxygen atoms in total. The fourth-order valence-corrected chi connectivity index (χ4v) is 0.796. The number of hydrogen-bond donors (Lipinski definition) is 3. The molecule has 0 saturated heterocycles. The third-order valence-corrected chi connectivity index (χ3v) is 2.08. The Hall–Kier alpha value is -0.870. The lowest BCUT2D eigenvalue weighted by Gasteiger charge is -2.29. The first kappa shape index (κ1) is 13.1. The van der Waals surface area contributed by atoms with Crippen LogP contribution in [0.4, 0.5) is 0 Å². The summed E-state index contributed by atoms with van der Waals surface area (Å²) in [5.74, 6) is -0.127. The van der Waals surface area contributed by atoms with Crippen molar-refractivity contribution in [3.63, 3.8) is 0 Å². The Morgan fingerprint density at radius 3 is 2.64 bits per heavy atom. The maximum Gasteiger partial charge on any atom is 0.234 e. The van der Waals surface area contributed by atoms with Gasteiger partial charge >= 0.3 is 0 Å². The van der Waals surface area contributed by atoms with Gasteiger partial charge in [0.1, 0.15) is 0 Å². The van der Waals surface area contributed by atoms with E-state index < -0.39 is 11.6 Å². The van der Waals surface area contributed by atoms with Crippen LogP contribution in [0.1, 0.15) is 20.8 Å². The number of rotatable bonds is 6. The van der Waals surface area contributed by atoms with Crippen molar-refractivity contribution in [3.05, 3.63) is 12.7 Å². The molecule has 82 valence electrons. The van der Waals surface area contributed by atoms with E-state index in [0.29, 0.717) is 6.54 Å². The van der Waals surface area contributed by atoms with Gasteiger partial charge in [-0.05, 0) is 20.8 Å². The van der Waals surface area contributed by atoms with E-state index in [4.69, 9.17) is 0 Å². The smallest absolute Gasteiger partial charge is 0.234 e. The van der Waals surface area contributed by atoms with Crippen LogP contribution in [-0.4, -0.2) is 35.7 Å². The number of carbonyl (C=O) groups excluding carboxylic acids is 1. The minimum absolute atomic E-state index is 0.127. The molecule has 3 N–H and O–H groups in total. The number of hydrogen-bond acceptors (Lipinski definition) is 3. The van der Waals surface area contributed by atoms with Crippen molar-refractivity contribution in [1.29, 1.82) is 0 Å². The third kappa shape index (κ3) is 4.99. The first-order valence-electron chi connectivity index (χ1n) is 4.71. The largest absolute Gasteiger partial charge is 0.391 e. The van der Waals surface area contributed by atoms with Crippen molar-refractivity contribution in [1.82, 2.24) is 10.6 Å². The van der Waals surface area contributed by atoms with Crippen molar-refractivity contribution < 1.29 is 9.90 Å². The third-order valence-electron chi connectivity index (χ3n) is 2.08. The van der Waals surface area contributed by atoms with Crippen LogP contribution in [0.3, 0.4) is 0 Å². The molecule has 0 aliphatic carbocycles. The van der Waals surface area contributed by atoms with E-state index in [2.05, 4.69) is 17.2 Å². The molecule has 0 rings (SSSR count). The van der Waals surface area contributed by atoms with Crippen LogP contribution in [-0.2, 0) is 4.79 Å². The fourth-order valence-electron chi connectivity index (χ4n) is 0.796. The summed E-state index contributed by atoms with van der Waals surface area (Å²) in [6.45, 7) is 9.58. The number of carbonyl (C=O) groups is 1. The Morgan fingerprint density at radius 1 is 1.64 bits per heavy atom. The molecule has 0 aliphatic rings. The topological polar surface area (TPSA) is 61.4 Å². The Bertz CT molecular complexity index is 200. The molecule has 0 saturated carbocycles. The van der Waals surface area contributed by atoms with Crippen LogP contribution in [0, 0.1) is 0 Å². The zero-order valence-corrected chi connectivity index (χ0v) is 9.13. The lowest BCUT2D eigenvalue weighted by atomic mass is 9.99. The van der Waals surface area contributed by atoms with Crippen molar-refractivity contribution >= 4 is 5.91 Å². The number of aliphatic hydroxyl groups excluding tert-OH is 1. The monoisotopic (exact) mass is 200 g/mol. The van der Waals surface area contributed by atoms with Gasteiger partial charge < -0.3 is 15.7 Å². The molecule has 0 spiro atoms. The second-order valence-corrected chi connectivity index (χ2v) is 3.87. The first-order valence-corrected chi connectivity index (χ1v) is 4.71. The van der Waals surface area contributed by atoms with Crippen molar-refractivity contribution in [2.75, 3.05) is 13.1 Å². The average Bonchev–Trinajstić information content (AvgIpc) is 2.03. The summed E-state index contributed by atoms with van der Waals surface area (Å²) in [5, 5.41) is 15.0. The van der Waals surface area contributed by atoms with Gasteiger partial charge in [0, 0.05) is 6.54 Å². The second kappa shape index (κ2) is 5.78. The minimum Gasteiger partial charge on any atom is -0.391 e. The molecule has 4 heteroatoms. The van der Waals surface area contributed by atoms with Gasteiger partial charge in [-0.1, -0.05) is 6.08 Å². The quantitative estimate of drug-likeness (QED) is 0.419. The summed E-state index contributed by atoms with van der Waals surface area (Å²) >= 11 is 0. The highest BCUT2D eigenvalue weighted by atomic mass is 16.3. The van der Waals surface area contributed by atoms with Crippen LogP contribution in [0.5, 0.6) is 0 Å². The van der Waals surface area contributed by atoms with E-state index in [-0.39, 0.29) is 12.5 Å². The minimum atomic E-state index is -0.590. The number of amides is 1.